The standard InChI is InChI=1S/C16H28N4O6/c1-9(2)6-11(16(25)26)19-13(22)7-18-14(23)12-4-3-5-20(12)15(24)10(17)8-21/h9-12,21H,3-8,17H2,1-2H3,(H,18,23)(H,19,22)(H,25,26). The van der Waals surface area contributed by atoms with Crippen molar-refractivity contribution in [2.24, 2.45) is 11.7 Å². The molecule has 1 fully saturated rings. The minimum atomic E-state index is -1.14. The number of amides is 3. The average Bonchev–Trinajstić information content (AvgIpc) is 3.06. The van der Waals surface area contributed by atoms with Crippen molar-refractivity contribution in [2.75, 3.05) is 19.7 Å². The van der Waals surface area contributed by atoms with Crippen LogP contribution in [-0.4, -0.2) is 76.6 Å². The van der Waals surface area contributed by atoms with Gasteiger partial charge in [0.1, 0.15) is 18.1 Å². The second-order valence-electron chi connectivity index (χ2n) is 6.78. The zero-order valence-corrected chi connectivity index (χ0v) is 15.1. The molecule has 10 nitrogen and oxygen atoms in total. The topological polar surface area (TPSA) is 162 Å². The Morgan fingerprint density at radius 2 is 1.92 bits per heavy atom. The van der Waals surface area contributed by atoms with Crippen LogP contribution in [0.15, 0.2) is 0 Å². The smallest absolute Gasteiger partial charge is 0.326 e. The van der Waals surface area contributed by atoms with E-state index in [1.165, 1.54) is 4.90 Å². The maximum atomic E-state index is 12.3. The lowest BCUT2D eigenvalue weighted by Gasteiger charge is -2.26. The molecule has 0 bridgehead atoms. The van der Waals surface area contributed by atoms with E-state index >= 15 is 0 Å². The van der Waals surface area contributed by atoms with E-state index in [0.717, 1.165) is 0 Å². The summed E-state index contributed by atoms with van der Waals surface area (Å²) in [7, 11) is 0. The first-order valence-corrected chi connectivity index (χ1v) is 8.64. The maximum Gasteiger partial charge on any atom is 0.326 e. The van der Waals surface area contributed by atoms with Crippen LogP contribution in [0.1, 0.15) is 33.1 Å². The van der Waals surface area contributed by atoms with Crippen LogP contribution < -0.4 is 16.4 Å². The van der Waals surface area contributed by atoms with Crippen LogP contribution in [0.5, 0.6) is 0 Å². The highest BCUT2D eigenvalue weighted by molar-refractivity contribution is 5.93. The summed E-state index contributed by atoms with van der Waals surface area (Å²) in [6, 6.07) is -2.86. The zero-order valence-electron chi connectivity index (χ0n) is 15.1. The van der Waals surface area contributed by atoms with E-state index in [1.54, 1.807) is 0 Å². The summed E-state index contributed by atoms with van der Waals surface area (Å²) in [6.45, 7) is 3.13. The van der Waals surface area contributed by atoms with Crippen LogP contribution in [0.25, 0.3) is 0 Å². The van der Waals surface area contributed by atoms with Gasteiger partial charge in [0.2, 0.25) is 17.7 Å². The average molecular weight is 372 g/mol. The van der Waals surface area contributed by atoms with Gasteiger partial charge in [0, 0.05) is 6.54 Å². The molecule has 1 aliphatic rings. The third-order valence-corrected chi connectivity index (χ3v) is 4.12. The van der Waals surface area contributed by atoms with Crippen molar-refractivity contribution in [1.29, 1.82) is 0 Å². The van der Waals surface area contributed by atoms with Gasteiger partial charge in [-0.1, -0.05) is 13.8 Å². The molecule has 3 unspecified atom stereocenters. The number of nitrogens with one attached hydrogen (secondary N) is 2. The number of hydrogen-bond donors (Lipinski definition) is 5. The molecule has 3 atom stereocenters. The first kappa shape index (κ1) is 21.8. The molecule has 3 amide bonds. The lowest BCUT2D eigenvalue weighted by atomic mass is 10.0. The normalized spacial score (nSPS) is 19.1. The van der Waals surface area contributed by atoms with E-state index in [-0.39, 0.29) is 18.9 Å². The van der Waals surface area contributed by atoms with Gasteiger partial charge < -0.3 is 31.5 Å². The van der Waals surface area contributed by atoms with Crippen LogP contribution >= 0.6 is 0 Å². The number of rotatable bonds is 9. The van der Waals surface area contributed by atoms with E-state index in [0.29, 0.717) is 19.4 Å². The van der Waals surface area contributed by atoms with Crippen molar-refractivity contribution in [3.63, 3.8) is 0 Å². The molecule has 26 heavy (non-hydrogen) atoms. The van der Waals surface area contributed by atoms with E-state index < -0.39 is 48.4 Å². The van der Waals surface area contributed by atoms with E-state index in [9.17, 15) is 19.2 Å². The van der Waals surface area contributed by atoms with Gasteiger partial charge in [-0.25, -0.2) is 4.79 Å². The van der Waals surface area contributed by atoms with Crippen LogP contribution in [0.2, 0.25) is 0 Å². The van der Waals surface area contributed by atoms with Crippen molar-refractivity contribution < 1.29 is 29.4 Å². The number of nitrogens with two attached hydrogens (primary N) is 1. The van der Waals surface area contributed by atoms with Gasteiger partial charge in [-0.2, -0.15) is 0 Å². The van der Waals surface area contributed by atoms with E-state index in [1.807, 2.05) is 13.8 Å². The third kappa shape index (κ3) is 6.26. The van der Waals surface area contributed by atoms with E-state index in [4.69, 9.17) is 15.9 Å². The summed E-state index contributed by atoms with van der Waals surface area (Å²) in [4.78, 5) is 48.7. The highest BCUT2D eigenvalue weighted by Crippen LogP contribution is 2.18. The van der Waals surface area contributed by atoms with Gasteiger partial charge in [-0.3, -0.25) is 14.4 Å². The minimum Gasteiger partial charge on any atom is -0.480 e. The van der Waals surface area contributed by atoms with Gasteiger partial charge in [0.05, 0.1) is 13.2 Å². The number of carbonyl (C=O) groups excluding carboxylic acids is 3. The minimum absolute atomic E-state index is 0.0831. The first-order chi connectivity index (χ1) is 12.2. The number of nitrogens with zero attached hydrogens (tertiary/aromatic N) is 1. The fourth-order valence-electron chi connectivity index (χ4n) is 2.82. The molecule has 1 saturated heterocycles. The molecule has 0 aromatic carbocycles. The van der Waals surface area contributed by atoms with Crippen LogP contribution in [0.4, 0.5) is 0 Å². The van der Waals surface area contributed by atoms with Gasteiger partial charge in [0.15, 0.2) is 0 Å². The summed E-state index contributed by atoms with van der Waals surface area (Å²) in [5.74, 6) is -2.69. The number of aliphatic carboxylic acids is 1. The van der Waals surface area contributed by atoms with Crippen LogP contribution in [0.3, 0.4) is 0 Å². The lowest BCUT2D eigenvalue weighted by Crippen LogP contribution is -2.53. The largest absolute Gasteiger partial charge is 0.480 e. The fraction of sp³-hybridized carbons (Fsp3) is 0.750. The van der Waals surface area contributed by atoms with Crippen molar-refractivity contribution in [3.8, 4) is 0 Å². The Morgan fingerprint density at radius 3 is 2.46 bits per heavy atom. The van der Waals surface area contributed by atoms with Gasteiger partial charge in [-0.15, -0.1) is 0 Å². The molecule has 0 radical (unpaired) electrons. The van der Waals surface area contributed by atoms with Crippen molar-refractivity contribution >= 4 is 23.7 Å². The predicted octanol–water partition coefficient (Wildman–Crippen LogP) is -1.97. The van der Waals surface area contributed by atoms with Crippen LogP contribution in [0, 0.1) is 5.92 Å². The third-order valence-electron chi connectivity index (χ3n) is 4.12. The zero-order chi connectivity index (χ0) is 19.9. The molecule has 0 aromatic rings. The number of carbonyl (C=O) groups is 4. The Morgan fingerprint density at radius 1 is 1.27 bits per heavy atom. The first-order valence-electron chi connectivity index (χ1n) is 8.64. The van der Waals surface area contributed by atoms with Crippen LogP contribution in [-0.2, 0) is 19.2 Å². The Labute approximate surface area is 152 Å². The Balaban J connectivity index is 2.55. The maximum absolute atomic E-state index is 12.3. The summed E-state index contributed by atoms with van der Waals surface area (Å²) >= 11 is 0. The predicted molar refractivity (Wildman–Crippen MR) is 91.8 cm³/mol. The Bertz CT molecular complexity index is 539. The van der Waals surface area contributed by atoms with Crippen molar-refractivity contribution in [3.05, 3.63) is 0 Å². The Kier molecular flexibility index (Phi) is 8.46. The molecule has 10 heteroatoms. The number of carboxylic acids is 1. The van der Waals surface area contributed by atoms with Gasteiger partial charge in [-0.05, 0) is 25.2 Å². The lowest BCUT2D eigenvalue weighted by molar-refractivity contribution is -0.142. The highest BCUT2D eigenvalue weighted by atomic mass is 16.4. The molecule has 148 valence electrons. The summed E-state index contributed by atoms with van der Waals surface area (Å²) in [5, 5.41) is 22.9. The molecule has 0 aliphatic carbocycles. The molecule has 6 N–H and O–H groups in total. The number of carboxylic acid groups (broad SMARTS) is 1. The van der Waals surface area contributed by atoms with Gasteiger partial charge >= 0.3 is 5.97 Å². The molecule has 0 spiro atoms. The molecule has 0 aromatic heterocycles. The summed E-state index contributed by atoms with van der Waals surface area (Å²) < 4.78 is 0. The van der Waals surface area contributed by atoms with Crippen molar-refractivity contribution in [2.45, 2.75) is 51.2 Å². The SMILES string of the molecule is CC(C)CC(NC(=O)CNC(=O)C1CCCN1C(=O)C(N)CO)C(=O)O. The van der Waals surface area contributed by atoms with Crippen molar-refractivity contribution in [1.82, 2.24) is 15.5 Å². The second kappa shape index (κ2) is 10.1. The Hall–Kier alpha value is -2.20. The number of aliphatic hydroxyl groups excluding tert-OH is 1. The number of hydrogen-bond acceptors (Lipinski definition) is 6. The fourth-order valence-corrected chi connectivity index (χ4v) is 2.82. The molecule has 1 rings (SSSR count). The quantitative estimate of drug-likeness (QED) is 0.313. The number of likely N-dealkylation sites (tertiary alicyclic amines) is 1. The second-order valence-corrected chi connectivity index (χ2v) is 6.78. The molecular weight excluding hydrogens is 344 g/mol. The molecule has 1 aliphatic heterocycles. The molecule has 0 saturated carbocycles. The summed E-state index contributed by atoms with van der Waals surface area (Å²) in [5.41, 5.74) is 5.51. The monoisotopic (exact) mass is 372 g/mol. The van der Waals surface area contributed by atoms with Gasteiger partial charge in [0.25, 0.3) is 0 Å². The highest BCUT2D eigenvalue weighted by Gasteiger charge is 2.36. The number of aliphatic hydroxyl groups is 1. The summed E-state index contributed by atoms with van der Waals surface area (Å²) in [6.07, 6.45) is 1.32. The molecule has 1 heterocycles. The molecular formula is C16H28N4O6. The van der Waals surface area contributed by atoms with E-state index in [2.05, 4.69) is 10.6 Å².